The zero-order chi connectivity index (χ0) is 20.2. The summed E-state index contributed by atoms with van der Waals surface area (Å²) in [5.41, 5.74) is 1.44. The van der Waals surface area contributed by atoms with E-state index in [1.165, 1.54) is 11.8 Å². The van der Waals surface area contributed by atoms with Crippen LogP contribution in [0.1, 0.15) is 6.92 Å². The minimum absolute atomic E-state index is 0.137. The highest BCUT2D eigenvalue weighted by Crippen LogP contribution is 2.32. The SMILES string of the molecule is COc1ccccc1NC(=O)C(C)Sc1nc(-c2ccco2)nc2ccccc12. The Balaban J connectivity index is 1.62. The van der Waals surface area contributed by atoms with Gasteiger partial charge < -0.3 is 14.5 Å². The molecule has 146 valence electrons. The van der Waals surface area contributed by atoms with Crippen LogP contribution >= 0.6 is 11.8 Å². The average Bonchev–Trinajstić information content (AvgIpc) is 3.29. The lowest BCUT2D eigenvalue weighted by Gasteiger charge is -2.15. The molecule has 2 aromatic heterocycles. The van der Waals surface area contributed by atoms with Gasteiger partial charge in [-0.1, -0.05) is 42.1 Å². The van der Waals surface area contributed by atoms with Crippen LogP contribution in [0.25, 0.3) is 22.5 Å². The fraction of sp³-hybridized carbons (Fsp3) is 0.136. The monoisotopic (exact) mass is 405 g/mol. The minimum atomic E-state index is -0.386. The van der Waals surface area contributed by atoms with Crippen molar-refractivity contribution in [3.63, 3.8) is 0 Å². The highest BCUT2D eigenvalue weighted by atomic mass is 32.2. The molecule has 0 fully saturated rings. The number of amides is 1. The third-order valence-electron chi connectivity index (χ3n) is 4.33. The summed E-state index contributed by atoms with van der Waals surface area (Å²) in [5.74, 6) is 1.56. The Hall–Kier alpha value is -3.32. The maximum Gasteiger partial charge on any atom is 0.237 e. The molecule has 2 heterocycles. The molecule has 0 bridgehead atoms. The number of benzene rings is 2. The van der Waals surface area contributed by atoms with E-state index in [0.29, 0.717) is 23.0 Å². The van der Waals surface area contributed by atoms with Gasteiger partial charge in [0.2, 0.25) is 5.91 Å². The van der Waals surface area contributed by atoms with Gasteiger partial charge in [-0.15, -0.1) is 0 Å². The molecule has 7 heteroatoms. The fourth-order valence-corrected chi connectivity index (χ4v) is 3.80. The highest BCUT2D eigenvalue weighted by Gasteiger charge is 2.20. The molecule has 0 radical (unpaired) electrons. The first-order valence-corrected chi connectivity index (χ1v) is 9.95. The second-order valence-corrected chi connectivity index (χ2v) is 7.63. The van der Waals surface area contributed by atoms with Gasteiger partial charge in [0.05, 0.1) is 29.8 Å². The van der Waals surface area contributed by atoms with Crippen LogP contribution in [0.15, 0.2) is 76.4 Å². The zero-order valence-electron chi connectivity index (χ0n) is 16.0. The summed E-state index contributed by atoms with van der Waals surface area (Å²) in [4.78, 5) is 22.0. The lowest BCUT2D eigenvalue weighted by molar-refractivity contribution is -0.115. The van der Waals surface area contributed by atoms with Crippen molar-refractivity contribution in [3.8, 4) is 17.3 Å². The third kappa shape index (κ3) is 4.09. The number of fused-ring (bicyclic) bond motifs is 1. The van der Waals surface area contributed by atoms with Crippen LogP contribution in [0.3, 0.4) is 0 Å². The van der Waals surface area contributed by atoms with Gasteiger partial charge in [-0.25, -0.2) is 9.97 Å². The number of nitrogens with one attached hydrogen (secondary N) is 1. The maximum absolute atomic E-state index is 12.8. The molecule has 0 saturated carbocycles. The summed E-state index contributed by atoms with van der Waals surface area (Å²) in [6, 6.07) is 18.7. The molecule has 4 rings (SSSR count). The van der Waals surface area contributed by atoms with E-state index in [0.717, 1.165) is 15.9 Å². The number of thioether (sulfide) groups is 1. The summed E-state index contributed by atoms with van der Waals surface area (Å²) in [5, 5.41) is 4.16. The van der Waals surface area contributed by atoms with Crippen molar-refractivity contribution in [1.29, 1.82) is 0 Å². The van der Waals surface area contributed by atoms with E-state index >= 15 is 0 Å². The largest absolute Gasteiger partial charge is 0.495 e. The predicted octanol–water partition coefficient (Wildman–Crippen LogP) is 5.02. The summed E-state index contributed by atoms with van der Waals surface area (Å²) in [6.07, 6.45) is 1.59. The van der Waals surface area contributed by atoms with Gasteiger partial charge in [-0.05, 0) is 37.3 Å². The van der Waals surface area contributed by atoms with Gasteiger partial charge in [-0.2, -0.15) is 0 Å². The molecule has 1 N–H and O–H groups in total. The van der Waals surface area contributed by atoms with Crippen molar-refractivity contribution in [2.45, 2.75) is 17.2 Å². The lowest BCUT2D eigenvalue weighted by Crippen LogP contribution is -2.22. The predicted molar refractivity (Wildman–Crippen MR) is 114 cm³/mol. The number of nitrogens with zero attached hydrogens (tertiary/aromatic N) is 2. The molecule has 0 saturated heterocycles. The molecule has 2 aromatic carbocycles. The van der Waals surface area contributed by atoms with Crippen molar-refractivity contribution < 1.29 is 13.9 Å². The third-order valence-corrected chi connectivity index (χ3v) is 5.43. The molecule has 1 amide bonds. The number of methoxy groups -OCH3 is 1. The molecule has 0 spiro atoms. The standard InChI is InChI=1S/C22H19N3O3S/c1-14(21(26)24-17-10-5-6-11-18(17)27-2)29-22-15-8-3-4-9-16(15)23-20(25-22)19-12-7-13-28-19/h3-14H,1-2H3,(H,24,26). The number of hydrogen-bond acceptors (Lipinski definition) is 6. The zero-order valence-corrected chi connectivity index (χ0v) is 16.8. The van der Waals surface area contributed by atoms with E-state index in [1.807, 2.05) is 55.5 Å². The van der Waals surface area contributed by atoms with E-state index < -0.39 is 0 Å². The van der Waals surface area contributed by atoms with Crippen LogP contribution < -0.4 is 10.1 Å². The van der Waals surface area contributed by atoms with Crippen molar-refractivity contribution in [2.75, 3.05) is 12.4 Å². The molecule has 6 nitrogen and oxygen atoms in total. The van der Waals surface area contributed by atoms with Crippen molar-refractivity contribution >= 4 is 34.3 Å². The summed E-state index contributed by atoms with van der Waals surface area (Å²) in [7, 11) is 1.58. The second-order valence-electron chi connectivity index (χ2n) is 6.30. The highest BCUT2D eigenvalue weighted by molar-refractivity contribution is 8.00. The van der Waals surface area contributed by atoms with Crippen LogP contribution in [0, 0.1) is 0 Å². The average molecular weight is 405 g/mol. The van der Waals surface area contributed by atoms with Crippen LogP contribution in [0.4, 0.5) is 5.69 Å². The fourth-order valence-electron chi connectivity index (χ4n) is 2.86. The summed E-state index contributed by atoms with van der Waals surface area (Å²) >= 11 is 1.38. The Morgan fingerprint density at radius 1 is 1.07 bits per heavy atom. The van der Waals surface area contributed by atoms with Crippen LogP contribution in [0.5, 0.6) is 5.75 Å². The minimum Gasteiger partial charge on any atom is -0.495 e. The van der Waals surface area contributed by atoms with Gasteiger partial charge in [-0.3, -0.25) is 4.79 Å². The number of carbonyl (C=O) groups excluding carboxylic acids is 1. The normalized spacial score (nSPS) is 11.9. The maximum atomic E-state index is 12.8. The van der Waals surface area contributed by atoms with Crippen molar-refractivity contribution in [2.24, 2.45) is 0 Å². The van der Waals surface area contributed by atoms with Gasteiger partial charge in [0, 0.05) is 5.39 Å². The van der Waals surface area contributed by atoms with Crippen molar-refractivity contribution in [1.82, 2.24) is 9.97 Å². The van der Waals surface area contributed by atoms with Crippen molar-refractivity contribution in [3.05, 3.63) is 66.9 Å². The topological polar surface area (TPSA) is 77.2 Å². The number of aromatic nitrogens is 2. The molecule has 1 unspecified atom stereocenters. The Bertz CT molecular complexity index is 1150. The van der Waals surface area contributed by atoms with Crippen LogP contribution in [-0.4, -0.2) is 28.2 Å². The van der Waals surface area contributed by atoms with E-state index in [4.69, 9.17) is 9.15 Å². The quantitative estimate of drug-likeness (QED) is 0.359. The second kappa shape index (κ2) is 8.36. The van der Waals surface area contributed by atoms with E-state index in [1.54, 1.807) is 25.5 Å². The number of rotatable bonds is 6. The number of carbonyl (C=O) groups is 1. The Morgan fingerprint density at radius 2 is 1.86 bits per heavy atom. The first-order valence-electron chi connectivity index (χ1n) is 9.07. The molecular formula is C22H19N3O3S. The molecular weight excluding hydrogens is 386 g/mol. The molecule has 0 aliphatic rings. The summed E-state index contributed by atoms with van der Waals surface area (Å²) in [6.45, 7) is 1.85. The van der Waals surface area contributed by atoms with E-state index in [9.17, 15) is 4.79 Å². The molecule has 0 aliphatic heterocycles. The van der Waals surface area contributed by atoms with Gasteiger partial charge in [0.1, 0.15) is 10.8 Å². The van der Waals surface area contributed by atoms with Crippen LogP contribution in [0.2, 0.25) is 0 Å². The van der Waals surface area contributed by atoms with E-state index in [2.05, 4.69) is 15.3 Å². The summed E-state index contributed by atoms with van der Waals surface area (Å²) < 4.78 is 10.8. The number of anilines is 1. The smallest absolute Gasteiger partial charge is 0.237 e. The first-order chi connectivity index (χ1) is 14.2. The number of para-hydroxylation sites is 3. The van der Waals surface area contributed by atoms with Gasteiger partial charge in [0.25, 0.3) is 0 Å². The molecule has 1 atom stereocenters. The molecule has 4 aromatic rings. The number of hydrogen-bond donors (Lipinski definition) is 1. The Kier molecular flexibility index (Phi) is 5.48. The number of furan rings is 1. The lowest BCUT2D eigenvalue weighted by atomic mass is 10.2. The Labute approximate surface area is 172 Å². The van der Waals surface area contributed by atoms with Crippen LogP contribution in [-0.2, 0) is 4.79 Å². The molecule has 0 aliphatic carbocycles. The Morgan fingerprint density at radius 3 is 2.66 bits per heavy atom. The first kappa shape index (κ1) is 19.0. The van der Waals surface area contributed by atoms with Gasteiger partial charge in [0.15, 0.2) is 11.6 Å². The van der Waals surface area contributed by atoms with Gasteiger partial charge >= 0.3 is 0 Å². The molecule has 29 heavy (non-hydrogen) atoms. The van der Waals surface area contributed by atoms with E-state index in [-0.39, 0.29) is 11.2 Å². The number of ether oxygens (including phenoxy) is 1.